The van der Waals surface area contributed by atoms with Crippen molar-refractivity contribution >= 4 is 5.65 Å². The highest BCUT2D eigenvalue weighted by molar-refractivity contribution is 5.77. The van der Waals surface area contributed by atoms with Crippen LogP contribution in [0.4, 0.5) is 4.39 Å². The van der Waals surface area contributed by atoms with Crippen LogP contribution in [0.2, 0.25) is 0 Å². The van der Waals surface area contributed by atoms with E-state index in [-0.39, 0.29) is 5.82 Å². The zero-order valence-electron chi connectivity index (χ0n) is 15.0. The fourth-order valence-corrected chi connectivity index (χ4v) is 3.30. The Labute approximate surface area is 160 Å². The van der Waals surface area contributed by atoms with Crippen LogP contribution < -0.4 is 0 Å². The van der Waals surface area contributed by atoms with Crippen molar-refractivity contribution in [1.29, 1.82) is 0 Å². The van der Waals surface area contributed by atoms with Gasteiger partial charge in [0.25, 0.3) is 0 Å². The number of hydrogen-bond donors (Lipinski definition) is 0. The first kappa shape index (κ1) is 16.4. The van der Waals surface area contributed by atoms with Crippen LogP contribution in [-0.4, -0.2) is 19.6 Å². The zero-order chi connectivity index (χ0) is 19.1. The van der Waals surface area contributed by atoms with E-state index in [4.69, 9.17) is 4.42 Å². The third-order valence-corrected chi connectivity index (χ3v) is 4.64. The number of pyridine rings is 1. The SMILES string of the molecule is Cc1cccc(-c2ncoc2-c2ccc3nnc(-c4ccccc4F)n3c2)c1. The van der Waals surface area contributed by atoms with Crippen LogP contribution in [0.5, 0.6) is 0 Å². The fraction of sp³-hybridized carbons (Fsp3) is 0.0455. The maximum Gasteiger partial charge on any atom is 0.182 e. The molecule has 6 heteroatoms. The van der Waals surface area contributed by atoms with Crippen LogP contribution in [0, 0.1) is 12.7 Å². The summed E-state index contributed by atoms with van der Waals surface area (Å²) in [5.41, 5.74) is 4.69. The van der Waals surface area contributed by atoms with Gasteiger partial charge in [-0.1, -0.05) is 35.9 Å². The van der Waals surface area contributed by atoms with E-state index in [0.29, 0.717) is 22.8 Å². The molecule has 0 radical (unpaired) electrons. The number of nitrogens with zero attached hydrogens (tertiary/aromatic N) is 4. The summed E-state index contributed by atoms with van der Waals surface area (Å²) < 4.78 is 21.7. The zero-order valence-corrected chi connectivity index (χ0v) is 15.0. The van der Waals surface area contributed by atoms with Gasteiger partial charge in [0, 0.05) is 17.3 Å². The van der Waals surface area contributed by atoms with Gasteiger partial charge >= 0.3 is 0 Å². The topological polar surface area (TPSA) is 56.2 Å². The number of oxazole rings is 1. The van der Waals surface area contributed by atoms with Crippen molar-refractivity contribution in [2.75, 3.05) is 0 Å². The van der Waals surface area contributed by atoms with Crippen molar-refractivity contribution in [2.24, 2.45) is 0 Å². The molecule has 0 N–H and O–H groups in total. The lowest BCUT2D eigenvalue weighted by molar-refractivity contribution is 0.572. The maximum absolute atomic E-state index is 14.3. The van der Waals surface area contributed by atoms with E-state index in [9.17, 15) is 4.39 Å². The number of halogens is 1. The quantitative estimate of drug-likeness (QED) is 0.440. The summed E-state index contributed by atoms with van der Waals surface area (Å²) in [6.07, 6.45) is 3.28. The monoisotopic (exact) mass is 370 g/mol. The number of rotatable bonds is 3. The summed E-state index contributed by atoms with van der Waals surface area (Å²) in [5, 5.41) is 8.32. The Kier molecular flexibility index (Phi) is 3.76. The molecule has 5 rings (SSSR count). The van der Waals surface area contributed by atoms with Gasteiger partial charge in [0.15, 0.2) is 23.6 Å². The average Bonchev–Trinajstić information content (AvgIpc) is 3.35. The third-order valence-electron chi connectivity index (χ3n) is 4.64. The van der Waals surface area contributed by atoms with E-state index in [1.807, 2.05) is 43.5 Å². The summed E-state index contributed by atoms with van der Waals surface area (Å²) in [6.45, 7) is 2.03. The molecule has 0 amide bonds. The van der Waals surface area contributed by atoms with Crippen LogP contribution in [0.25, 0.3) is 39.6 Å². The summed E-state index contributed by atoms with van der Waals surface area (Å²) >= 11 is 0. The molecule has 0 bridgehead atoms. The first-order valence-electron chi connectivity index (χ1n) is 8.81. The smallest absolute Gasteiger partial charge is 0.182 e. The Morgan fingerprint density at radius 1 is 0.929 bits per heavy atom. The van der Waals surface area contributed by atoms with Gasteiger partial charge in [-0.3, -0.25) is 4.40 Å². The Morgan fingerprint density at radius 2 is 1.82 bits per heavy atom. The van der Waals surface area contributed by atoms with Gasteiger partial charge in [-0.15, -0.1) is 10.2 Å². The first-order chi connectivity index (χ1) is 13.7. The average molecular weight is 370 g/mol. The van der Waals surface area contributed by atoms with Crippen molar-refractivity contribution in [3.63, 3.8) is 0 Å². The van der Waals surface area contributed by atoms with Crippen molar-refractivity contribution < 1.29 is 8.81 Å². The molecule has 3 heterocycles. The Morgan fingerprint density at radius 3 is 2.68 bits per heavy atom. The summed E-state index contributed by atoms with van der Waals surface area (Å²) in [4.78, 5) is 4.40. The molecule has 0 atom stereocenters. The molecule has 28 heavy (non-hydrogen) atoms. The standard InChI is InChI=1S/C22H15FN4O/c1-14-5-4-6-15(11-14)20-21(28-13-24-20)16-9-10-19-25-26-22(27(19)12-16)17-7-2-3-8-18(17)23/h2-13H,1H3. The lowest BCUT2D eigenvalue weighted by atomic mass is 10.1. The highest BCUT2D eigenvalue weighted by Crippen LogP contribution is 2.32. The predicted molar refractivity (Wildman–Crippen MR) is 104 cm³/mol. The van der Waals surface area contributed by atoms with Crippen LogP contribution in [-0.2, 0) is 0 Å². The van der Waals surface area contributed by atoms with Gasteiger partial charge in [0.2, 0.25) is 0 Å². The first-order valence-corrected chi connectivity index (χ1v) is 8.81. The van der Waals surface area contributed by atoms with Crippen LogP contribution in [0.3, 0.4) is 0 Å². The Hall–Kier alpha value is -3.80. The van der Waals surface area contributed by atoms with Crippen molar-refractivity contribution in [1.82, 2.24) is 19.6 Å². The summed E-state index contributed by atoms with van der Waals surface area (Å²) in [7, 11) is 0. The van der Waals surface area contributed by atoms with Crippen LogP contribution in [0.1, 0.15) is 5.56 Å². The van der Waals surface area contributed by atoms with E-state index in [0.717, 1.165) is 22.4 Å². The van der Waals surface area contributed by atoms with Gasteiger partial charge in [-0.2, -0.15) is 0 Å². The molecule has 0 saturated heterocycles. The molecule has 0 spiro atoms. The predicted octanol–water partition coefficient (Wildman–Crippen LogP) is 5.17. The Bertz CT molecular complexity index is 1300. The molecule has 136 valence electrons. The summed E-state index contributed by atoms with van der Waals surface area (Å²) in [5.74, 6) is 0.731. The fourth-order valence-electron chi connectivity index (χ4n) is 3.30. The molecule has 0 saturated carbocycles. The van der Waals surface area contributed by atoms with E-state index in [2.05, 4.69) is 21.2 Å². The highest BCUT2D eigenvalue weighted by atomic mass is 19.1. The van der Waals surface area contributed by atoms with E-state index in [1.165, 1.54) is 12.5 Å². The van der Waals surface area contributed by atoms with Crippen molar-refractivity contribution in [3.05, 3.63) is 84.6 Å². The molecule has 0 aliphatic rings. The third kappa shape index (κ3) is 2.66. The largest absolute Gasteiger partial charge is 0.443 e. The number of aromatic nitrogens is 4. The number of fused-ring (bicyclic) bond motifs is 1. The van der Waals surface area contributed by atoms with Crippen LogP contribution >= 0.6 is 0 Å². The number of benzene rings is 2. The van der Waals surface area contributed by atoms with Gasteiger partial charge < -0.3 is 4.42 Å². The lowest BCUT2D eigenvalue weighted by Crippen LogP contribution is -1.93. The minimum Gasteiger partial charge on any atom is -0.443 e. The molecule has 3 aromatic heterocycles. The molecule has 0 unspecified atom stereocenters. The minimum absolute atomic E-state index is 0.345. The van der Waals surface area contributed by atoms with Gasteiger partial charge in [0.05, 0.1) is 5.56 Å². The lowest BCUT2D eigenvalue weighted by Gasteiger charge is -2.05. The van der Waals surface area contributed by atoms with Gasteiger partial charge in [-0.05, 0) is 37.3 Å². The minimum atomic E-state index is -0.345. The molecule has 5 aromatic rings. The Balaban J connectivity index is 1.67. The molecule has 0 fully saturated rings. The molecule has 2 aromatic carbocycles. The van der Waals surface area contributed by atoms with E-state index in [1.54, 1.807) is 22.6 Å². The highest BCUT2D eigenvalue weighted by Gasteiger charge is 2.17. The number of aryl methyl sites for hydroxylation is 1. The molecule has 0 aliphatic carbocycles. The molecule has 0 aliphatic heterocycles. The van der Waals surface area contributed by atoms with Gasteiger partial charge in [-0.25, -0.2) is 9.37 Å². The second-order valence-corrected chi connectivity index (χ2v) is 6.55. The molecule has 5 nitrogen and oxygen atoms in total. The molecular formula is C22H15FN4O. The van der Waals surface area contributed by atoms with Crippen LogP contribution in [0.15, 0.2) is 77.7 Å². The van der Waals surface area contributed by atoms with E-state index >= 15 is 0 Å². The van der Waals surface area contributed by atoms with Gasteiger partial charge in [0.1, 0.15) is 11.5 Å². The summed E-state index contributed by atoms with van der Waals surface area (Å²) in [6, 6.07) is 18.3. The van der Waals surface area contributed by atoms with Crippen molar-refractivity contribution in [2.45, 2.75) is 6.92 Å². The molecular weight excluding hydrogens is 355 g/mol. The second-order valence-electron chi connectivity index (χ2n) is 6.55. The second kappa shape index (κ2) is 6.42. The van der Waals surface area contributed by atoms with Crippen molar-refractivity contribution in [3.8, 4) is 34.0 Å². The van der Waals surface area contributed by atoms with E-state index < -0.39 is 0 Å². The number of hydrogen-bond acceptors (Lipinski definition) is 4. The maximum atomic E-state index is 14.3. The normalized spacial score (nSPS) is 11.2.